The van der Waals surface area contributed by atoms with Crippen molar-refractivity contribution in [2.75, 3.05) is 5.73 Å². The molecule has 0 aliphatic rings. The zero-order valence-corrected chi connectivity index (χ0v) is 8.66. The second kappa shape index (κ2) is 3.10. The summed E-state index contributed by atoms with van der Waals surface area (Å²) in [5, 5.41) is 3.02. The predicted octanol–water partition coefficient (Wildman–Crippen LogP) is 2.45. The number of rotatable bonds is 1. The average Bonchev–Trinajstić information content (AvgIpc) is 2.77. The van der Waals surface area contributed by atoms with Crippen LogP contribution in [0, 0.1) is 5.38 Å². The van der Waals surface area contributed by atoms with Crippen molar-refractivity contribution < 1.29 is 0 Å². The first kappa shape index (κ1) is 8.49. The Balaban J connectivity index is 2.22. The number of nitrogen functional groups attached to an aromatic ring is 1. The lowest BCUT2D eigenvalue weighted by Crippen LogP contribution is -1.88. The van der Waals surface area contributed by atoms with E-state index in [0.717, 1.165) is 21.9 Å². The predicted molar refractivity (Wildman–Crippen MR) is 61.8 cm³/mol. The first-order chi connectivity index (χ1) is 7.34. The van der Waals surface area contributed by atoms with Crippen LogP contribution in [0.2, 0.25) is 0 Å². The van der Waals surface area contributed by atoms with Crippen molar-refractivity contribution in [3.63, 3.8) is 0 Å². The number of nitrogens with zero attached hydrogens (tertiary/aromatic N) is 2. The van der Waals surface area contributed by atoms with Crippen molar-refractivity contribution in [2.45, 2.75) is 0 Å². The fourth-order valence-electron chi connectivity index (χ4n) is 1.54. The third-order valence-corrected chi connectivity index (χ3v) is 2.99. The van der Waals surface area contributed by atoms with E-state index in [0.29, 0.717) is 0 Å². The molecule has 1 aromatic carbocycles. The molecular weight excluding hydrogens is 206 g/mol. The molecule has 0 amide bonds. The minimum absolute atomic E-state index is 0.757. The van der Waals surface area contributed by atoms with Crippen LogP contribution < -0.4 is 5.73 Å². The van der Waals surface area contributed by atoms with Crippen LogP contribution in [0.15, 0.2) is 36.7 Å². The summed E-state index contributed by atoms with van der Waals surface area (Å²) in [4.78, 5) is 5.41. The third-order valence-electron chi connectivity index (χ3n) is 2.28. The largest absolute Gasteiger partial charge is 0.398 e. The van der Waals surface area contributed by atoms with Crippen molar-refractivity contribution in [1.82, 2.24) is 9.38 Å². The Bertz CT molecular complexity index is 580. The number of benzene rings is 1. The average molecular weight is 214 g/mol. The normalized spacial score (nSPS) is 10.9. The number of nitrogens with two attached hydrogens (primary N) is 1. The van der Waals surface area contributed by atoms with E-state index >= 15 is 0 Å². The molecule has 3 aromatic rings. The van der Waals surface area contributed by atoms with Crippen LogP contribution in [0.4, 0.5) is 5.69 Å². The molecule has 0 aliphatic carbocycles. The fraction of sp³-hybridized carbons (Fsp3) is 0. The highest BCUT2D eigenvalue weighted by atomic mass is 32.1. The Hall–Kier alpha value is -1.81. The topological polar surface area (TPSA) is 43.3 Å². The molecule has 2 aromatic heterocycles. The lowest BCUT2D eigenvalue weighted by molar-refractivity contribution is 1.23. The number of imidazole rings is 1. The summed E-state index contributed by atoms with van der Waals surface area (Å²) < 4.78 is 1.95. The SMILES string of the molecule is Nc1ccccc1-c1cn2c[c]sc2n1. The van der Waals surface area contributed by atoms with Crippen LogP contribution >= 0.6 is 11.3 Å². The van der Waals surface area contributed by atoms with Gasteiger partial charge in [-0.1, -0.05) is 29.5 Å². The molecule has 0 unspecified atom stereocenters. The highest BCUT2D eigenvalue weighted by molar-refractivity contribution is 7.14. The first-order valence-electron chi connectivity index (χ1n) is 4.54. The third kappa shape index (κ3) is 1.30. The zero-order chi connectivity index (χ0) is 10.3. The quantitative estimate of drug-likeness (QED) is 0.632. The van der Waals surface area contributed by atoms with Gasteiger partial charge in [0.1, 0.15) is 0 Å². The van der Waals surface area contributed by atoms with E-state index in [-0.39, 0.29) is 0 Å². The molecule has 0 saturated heterocycles. The van der Waals surface area contributed by atoms with Crippen molar-refractivity contribution >= 4 is 22.0 Å². The molecule has 1 radical (unpaired) electrons. The molecule has 0 atom stereocenters. The minimum atomic E-state index is 0.757. The van der Waals surface area contributed by atoms with Crippen molar-refractivity contribution in [1.29, 1.82) is 0 Å². The molecule has 73 valence electrons. The fourth-order valence-corrected chi connectivity index (χ4v) is 2.17. The second-order valence-electron chi connectivity index (χ2n) is 3.25. The summed E-state index contributed by atoms with van der Waals surface area (Å²) >= 11 is 1.49. The summed E-state index contributed by atoms with van der Waals surface area (Å²) in [5.41, 5.74) is 8.54. The van der Waals surface area contributed by atoms with E-state index in [4.69, 9.17) is 5.73 Å². The van der Waals surface area contributed by atoms with Crippen LogP contribution in [0.5, 0.6) is 0 Å². The van der Waals surface area contributed by atoms with Gasteiger partial charge in [-0.3, -0.25) is 4.40 Å². The molecule has 3 rings (SSSR count). The van der Waals surface area contributed by atoms with Gasteiger partial charge < -0.3 is 5.73 Å². The summed E-state index contributed by atoms with van der Waals surface area (Å²) in [6.07, 6.45) is 3.84. The lowest BCUT2D eigenvalue weighted by atomic mass is 10.1. The number of aromatic nitrogens is 2. The molecule has 2 N–H and O–H groups in total. The van der Waals surface area contributed by atoms with Crippen LogP contribution in [0.25, 0.3) is 16.2 Å². The Morgan fingerprint density at radius 2 is 2.20 bits per heavy atom. The van der Waals surface area contributed by atoms with Gasteiger partial charge in [-0.15, -0.1) is 0 Å². The van der Waals surface area contributed by atoms with Gasteiger partial charge in [-0.05, 0) is 6.07 Å². The minimum Gasteiger partial charge on any atom is -0.398 e. The number of fused-ring (bicyclic) bond motifs is 1. The summed E-state index contributed by atoms with van der Waals surface area (Å²) in [6, 6.07) is 7.75. The van der Waals surface area contributed by atoms with E-state index in [1.807, 2.05) is 41.1 Å². The molecule has 2 heterocycles. The van der Waals surface area contributed by atoms with Gasteiger partial charge in [-0.2, -0.15) is 0 Å². The van der Waals surface area contributed by atoms with Crippen molar-refractivity contribution in [3.05, 3.63) is 42.0 Å². The van der Waals surface area contributed by atoms with E-state index in [9.17, 15) is 0 Å². The molecular formula is C11H8N3S. The lowest BCUT2D eigenvalue weighted by Gasteiger charge is -1.99. The number of thiazole rings is 1. The summed E-state index contributed by atoms with van der Waals surface area (Å²) in [7, 11) is 0. The van der Waals surface area contributed by atoms with Crippen LogP contribution in [-0.2, 0) is 0 Å². The van der Waals surface area contributed by atoms with Gasteiger partial charge in [0.25, 0.3) is 0 Å². The second-order valence-corrected chi connectivity index (χ2v) is 4.06. The molecule has 4 heteroatoms. The van der Waals surface area contributed by atoms with Crippen LogP contribution in [0.1, 0.15) is 0 Å². The highest BCUT2D eigenvalue weighted by Gasteiger charge is 2.07. The van der Waals surface area contributed by atoms with Crippen molar-refractivity contribution in [3.8, 4) is 11.3 Å². The van der Waals surface area contributed by atoms with E-state index in [1.165, 1.54) is 11.3 Å². The Morgan fingerprint density at radius 1 is 1.33 bits per heavy atom. The van der Waals surface area contributed by atoms with Gasteiger partial charge in [-0.25, -0.2) is 4.98 Å². The maximum Gasteiger partial charge on any atom is 0.194 e. The monoisotopic (exact) mass is 214 g/mol. The Kier molecular flexibility index (Phi) is 1.76. The maximum atomic E-state index is 5.89. The first-order valence-corrected chi connectivity index (χ1v) is 5.36. The van der Waals surface area contributed by atoms with E-state index < -0.39 is 0 Å². The zero-order valence-electron chi connectivity index (χ0n) is 7.84. The van der Waals surface area contributed by atoms with Crippen LogP contribution in [-0.4, -0.2) is 9.38 Å². The van der Waals surface area contributed by atoms with Crippen LogP contribution in [0.3, 0.4) is 0 Å². The molecule has 0 saturated carbocycles. The maximum absolute atomic E-state index is 5.89. The number of anilines is 1. The molecule has 0 bridgehead atoms. The standard InChI is InChI=1S/C11H8N3S/c12-9-4-2-1-3-8(9)10-7-14-5-6-15-11(14)13-10/h1-5,7H,12H2. The van der Waals surface area contributed by atoms with Gasteiger partial charge in [0.2, 0.25) is 0 Å². The van der Waals surface area contributed by atoms with Gasteiger partial charge >= 0.3 is 0 Å². The number of para-hydroxylation sites is 1. The van der Waals surface area contributed by atoms with Gasteiger partial charge in [0.05, 0.1) is 11.1 Å². The molecule has 15 heavy (non-hydrogen) atoms. The smallest absolute Gasteiger partial charge is 0.194 e. The van der Waals surface area contributed by atoms with Gasteiger partial charge in [0.15, 0.2) is 4.96 Å². The molecule has 0 aliphatic heterocycles. The Labute approximate surface area is 90.8 Å². The Morgan fingerprint density at radius 3 is 3.00 bits per heavy atom. The highest BCUT2D eigenvalue weighted by Crippen LogP contribution is 2.25. The number of hydrogen-bond donors (Lipinski definition) is 1. The number of hydrogen-bond acceptors (Lipinski definition) is 3. The van der Waals surface area contributed by atoms with Gasteiger partial charge in [0, 0.05) is 23.6 Å². The molecule has 3 nitrogen and oxygen atoms in total. The van der Waals surface area contributed by atoms with E-state index in [1.54, 1.807) is 0 Å². The summed E-state index contributed by atoms with van der Waals surface area (Å²) in [5.74, 6) is 0. The molecule has 0 spiro atoms. The summed E-state index contributed by atoms with van der Waals surface area (Å²) in [6.45, 7) is 0. The van der Waals surface area contributed by atoms with E-state index in [2.05, 4.69) is 10.4 Å². The van der Waals surface area contributed by atoms with Crippen molar-refractivity contribution in [2.24, 2.45) is 0 Å². The molecule has 0 fully saturated rings.